The molecule has 1 atom stereocenters. The average molecular weight is 360 g/mol. The lowest BCUT2D eigenvalue weighted by molar-refractivity contribution is 0.0665. The molecule has 0 aliphatic carbocycles. The summed E-state index contributed by atoms with van der Waals surface area (Å²) in [6.45, 7) is 2.38. The second-order valence-corrected chi connectivity index (χ2v) is 6.43. The van der Waals surface area contributed by atoms with E-state index in [1.54, 1.807) is 17.2 Å². The maximum atomic E-state index is 13.9. The lowest BCUT2D eigenvalue weighted by atomic mass is 9.96. The molecule has 3 aromatic rings. The van der Waals surface area contributed by atoms with Crippen molar-refractivity contribution in [2.45, 2.75) is 19.4 Å². The molecule has 6 nitrogen and oxygen atoms in total. The van der Waals surface area contributed by atoms with Crippen LogP contribution in [0, 0.1) is 5.82 Å². The molecular formula is C17H15ClFN5O. The Hall–Kier alpha value is -2.67. The molecule has 128 valence electrons. The monoisotopic (exact) mass is 359 g/mol. The number of hydrogen-bond acceptors (Lipinski definition) is 4. The lowest BCUT2D eigenvalue weighted by Crippen LogP contribution is -2.40. The quantitative estimate of drug-likeness (QED) is 0.698. The molecule has 1 aromatic carbocycles. The first-order valence-electron chi connectivity index (χ1n) is 7.85. The average Bonchev–Trinajstić information content (AvgIpc) is 3.05. The van der Waals surface area contributed by atoms with Crippen LogP contribution in [0.1, 0.15) is 34.8 Å². The molecule has 0 bridgehead atoms. The highest BCUT2D eigenvalue weighted by Crippen LogP contribution is 2.33. The van der Waals surface area contributed by atoms with Crippen molar-refractivity contribution in [3.05, 3.63) is 52.3 Å². The van der Waals surface area contributed by atoms with Gasteiger partial charge in [-0.2, -0.15) is 0 Å². The van der Waals surface area contributed by atoms with Crippen molar-refractivity contribution in [2.75, 3.05) is 12.3 Å². The van der Waals surface area contributed by atoms with E-state index in [0.717, 1.165) is 11.3 Å². The summed E-state index contributed by atoms with van der Waals surface area (Å²) in [7, 11) is 0. The van der Waals surface area contributed by atoms with E-state index in [0.29, 0.717) is 29.2 Å². The third kappa shape index (κ3) is 2.42. The molecule has 0 spiro atoms. The minimum atomic E-state index is -0.528. The number of pyridine rings is 1. The van der Waals surface area contributed by atoms with Crippen LogP contribution in [0.4, 0.5) is 10.1 Å². The number of hydrogen-bond donors (Lipinski definition) is 2. The Balaban J connectivity index is 1.74. The van der Waals surface area contributed by atoms with Gasteiger partial charge in [-0.25, -0.2) is 9.37 Å². The number of nitrogens with one attached hydrogen (secondary N) is 1. The van der Waals surface area contributed by atoms with Gasteiger partial charge in [0.05, 0.1) is 16.6 Å². The Kier molecular flexibility index (Phi) is 3.61. The van der Waals surface area contributed by atoms with Gasteiger partial charge in [0, 0.05) is 36.1 Å². The summed E-state index contributed by atoms with van der Waals surface area (Å²) in [6.07, 6.45) is 2.27. The number of aromatic amines is 1. The molecule has 0 fully saturated rings. The van der Waals surface area contributed by atoms with Crippen LogP contribution >= 0.6 is 11.6 Å². The van der Waals surface area contributed by atoms with E-state index in [9.17, 15) is 9.18 Å². The lowest BCUT2D eigenvalue weighted by Gasteiger charge is -2.34. The van der Waals surface area contributed by atoms with E-state index in [4.69, 9.17) is 17.3 Å². The Morgan fingerprint density at radius 3 is 3.00 bits per heavy atom. The highest BCUT2D eigenvalue weighted by Gasteiger charge is 2.32. The number of nitrogen functional groups attached to an aromatic ring is 1. The van der Waals surface area contributed by atoms with Gasteiger partial charge in [-0.05, 0) is 25.1 Å². The van der Waals surface area contributed by atoms with Crippen molar-refractivity contribution in [1.82, 2.24) is 19.9 Å². The molecule has 0 saturated heterocycles. The van der Waals surface area contributed by atoms with E-state index in [1.165, 1.54) is 12.1 Å². The summed E-state index contributed by atoms with van der Waals surface area (Å²) in [6, 6.07) is 4.13. The third-order valence-corrected chi connectivity index (χ3v) is 4.90. The number of nitrogens with zero attached hydrogens (tertiary/aromatic N) is 3. The Morgan fingerprint density at radius 1 is 1.44 bits per heavy atom. The zero-order chi connectivity index (χ0) is 17.7. The van der Waals surface area contributed by atoms with Crippen LogP contribution in [0.5, 0.6) is 0 Å². The van der Waals surface area contributed by atoms with Gasteiger partial charge in [-0.15, -0.1) is 0 Å². The molecule has 2 aromatic heterocycles. The Labute approximate surface area is 147 Å². The maximum Gasteiger partial charge on any atom is 0.290 e. The summed E-state index contributed by atoms with van der Waals surface area (Å²) < 4.78 is 13.9. The number of H-pyrrole nitrogens is 1. The fraction of sp³-hybridized carbons (Fsp3) is 0.235. The van der Waals surface area contributed by atoms with Gasteiger partial charge >= 0.3 is 0 Å². The third-order valence-electron chi connectivity index (χ3n) is 4.59. The number of aromatic nitrogens is 3. The van der Waals surface area contributed by atoms with E-state index in [-0.39, 0.29) is 23.3 Å². The van der Waals surface area contributed by atoms with Gasteiger partial charge in [0.1, 0.15) is 5.52 Å². The number of benzene rings is 1. The number of carbonyl (C=O) groups is 1. The first-order chi connectivity index (χ1) is 12.0. The van der Waals surface area contributed by atoms with Crippen LogP contribution in [-0.4, -0.2) is 32.3 Å². The van der Waals surface area contributed by atoms with Crippen molar-refractivity contribution in [3.63, 3.8) is 0 Å². The summed E-state index contributed by atoms with van der Waals surface area (Å²) >= 11 is 6.06. The van der Waals surface area contributed by atoms with Crippen molar-refractivity contribution in [1.29, 1.82) is 0 Å². The molecule has 0 saturated carbocycles. The number of halogens is 2. The number of anilines is 1. The Bertz CT molecular complexity index is 963. The summed E-state index contributed by atoms with van der Waals surface area (Å²) in [5.74, 6) is -0.798. The van der Waals surface area contributed by atoms with Crippen molar-refractivity contribution in [3.8, 4) is 0 Å². The molecular weight excluding hydrogens is 345 g/mol. The van der Waals surface area contributed by atoms with Gasteiger partial charge < -0.3 is 15.6 Å². The van der Waals surface area contributed by atoms with Gasteiger partial charge in [0.15, 0.2) is 11.6 Å². The molecule has 1 aliphatic heterocycles. The predicted molar refractivity (Wildman–Crippen MR) is 92.9 cm³/mol. The molecule has 3 heterocycles. The minimum Gasteiger partial charge on any atom is -0.398 e. The van der Waals surface area contributed by atoms with E-state index in [1.807, 2.05) is 6.92 Å². The highest BCUT2D eigenvalue weighted by atomic mass is 35.5. The van der Waals surface area contributed by atoms with E-state index in [2.05, 4.69) is 15.0 Å². The molecule has 8 heteroatoms. The first kappa shape index (κ1) is 15.8. The standard InChI is InChI=1S/C17H15ClFN5O/c1-8-13-11(20)4-6-21-12(13)5-7-24(8)17(25)16-22-14-9(18)2-3-10(19)15(14)23-16/h2-4,6,8H,5,7H2,1H3,(H2,20,21)(H,22,23). The Morgan fingerprint density at radius 2 is 2.24 bits per heavy atom. The minimum absolute atomic E-state index is 0.0553. The van der Waals surface area contributed by atoms with Crippen LogP contribution in [0.2, 0.25) is 5.02 Å². The summed E-state index contributed by atoms with van der Waals surface area (Å²) in [4.78, 5) is 25.9. The number of nitrogens with two attached hydrogens (primary N) is 1. The number of carbonyl (C=O) groups excluding carboxylic acids is 1. The van der Waals surface area contributed by atoms with E-state index >= 15 is 0 Å². The van der Waals surface area contributed by atoms with Crippen LogP contribution < -0.4 is 5.73 Å². The molecule has 3 N–H and O–H groups in total. The fourth-order valence-electron chi connectivity index (χ4n) is 3.33. The first-order valence-corrected chi connectivity index (χ1v) is 8.23. The van der Waals surface area contributed by atoms with E-state index < -0.39 is 5.82 Å². The molecule has 25 heavy (non-hydrogen) atoms. The van der Waals surface area contributed by atoms with Gasteiger partial charge in [0.25, 0.3) is 5.91 Å². The van der Waals surface area contributed by atoms with Crippen LogP contribution in [0.3, 0.4) is 0 Å². The summed E-state index contributed by atoms with van der Waals surface area (Å²) in [5, 5.41) is 0.313. The fourth-order valence-corrected chi connectivity index (χ4v) is 3.53. The summed E-state index contributed by atoms with van der Waals surface area (Å²) in [5.41, 5.74) is 8.79. The largest absolute Gasteiger partial charge is 0.398 e. The second-order valence-electron chi connectivity index (χ2n) is 6.02. The molecule has 0 radical (unpaired) electrons. The zero-order valence-corrected chi connectivity index (χ0v) is 14.1. The molecule has 1 aliphatic rings. The van der Waals surface area contributed by atoms with Gasteiger partial charge in [0.2, 0.25) is 0 Å². The van der Waals surface area contributed by atoms with Crippen molar-refractivity contribution < 1.29 is 9.18 Å². The van der Waals surface area contributed by atoms with Gasteiger partial charge in [-0.1, -0.05) is 11.6 Å². The number of fused-ring (bicyclic) bond motifs is 2. The molecule has 4 rings (SSSR count). The topological polar surface area (TPSA) is 87.9 Å². The van der Waals surface area contributed by atoms with Gasteiger partial charge in [-0.3, -0.25) is 9.78 Å². The number of amides is 1. The maximum absolute atomic E-state index is 13.9. The van der Waals surface area contributed by atoms with Crippen LogP contribution in [0.15, 0.2) is 24.4 Å². The normalized spacial score (nSPS) is 16.9. The van der Waals surface area contributed by atoms with Crippen molar-refractivity contribution >= 4 is 34.2 Å². The SMILES string of the molecule is CC1c2c(N)ccnc2CCN1C(=O)c1nc2c(F)ccc(Cl)c2[nH]1. The van der Waals surface area contributed by atoms with Crippen LogP contribution in [0.25, 0.3) is 11.0 Å². The molecule has 1 amide bonds. The number of imidazole rings is 1. The zero-order valence-electron chi connectivity index (χ0n) is 13.4. The van der Waals surface area contributed by atoms with Crippen molar-refractivity contribution in [2.24, 2.45) is 0 Å². The number of rotatable bonds is 1. The van der Waals surface area contributed by atoms with Crippen LogP contribution in [-0.2, 0) is 6.42 Å². The predicted octanol–water partition coefficient (Wildman–Crippen LogP) is 3.09. The smallest absolute Gasteiger partial charge is 0.290 e. The second kappa shape index (κ2) is 5.70. The molecule has 1 unspecified atom stereocenters. The highest BCUT2D eigenvalue weighted by molar-refractivity contribution is 6.35.